The van der Waals surface area contributed by atoms with E-state index in [1.54, 1.807) is 24.3 Å². The number of sulfone groups is 1. The van der Waals surface area contributed by atoms with E-state index < -0.39 is 21.5 Å². The lowest BCUT2D eigenvalue weighted by Gasteiger charge is -2.23. The van der Waals surface area contributed by atoms with Crippen molar-refractivity contribution >= 4 is 15.4 Å². The Kier molecular flexibility index (Phi) is 4.58. The van der Waals surface area contributed by atoms with Crippen LogP contribution >= 0.6 is 0 Å². The van der Waals surface area contributed by atoms with Gasteiger partial charge in [0, 0.05) is 6.26 Å². The lowest BCUT2D eigenvalue weighted by molar-refractivity contribution is 0.0557. The van der Waals surface area contributed by atoms with Crippen LogP contribution in [0.1, 0.15) is 31.1 Å². The predicted molar refractivity (Wildman–Crippen MR) is 97.9 cm³/mol. The van der Waals surface area contributed by atoms with Gasteiger partial charge in [-0.2, -0.15) is 0 Å². The lowest BCUT2D eigenvalue weighted by atomic mass is 9.86. The topological polar surface area (TPSA) is 63.6 Å². The smallest absolute Gasteiger partial charge is 0.175 e. The van der Waals surface area contributed by atoms with Gasteiger partial charge in [0.25, 0.3) is 0 Å². The Morgan fingerprint density at radius 2 is 1.64 bits per heavy atom. The molecular weight excluding hydrogens is 336 g/mol. The molecule has 0 saturated heterocycles. The second-order valence-electron chi connectivity index (χ2n) is 6.81. The molecule has 0 amide bonds. The summed E-state index contributed by atoms with van der Waals surface area (Å²) in [6.45, 7) is 4.25. The molecule has 0 aliphatic carbocycles. The maximum Gasteiger partial charge on any atom is 0.175 e. The van der Waals surface area contributed by atoms with Crippen molar-refractivity contribution < 1.29 is 18.3 Å². The molecule has 0 fully saturated rings. The summed E-state index contributed by atoms with van der Waals surface area (Å²) in [6, 6.07) is 16.2. The maximum absolute atomic E-state index is 11.7. The molecule has 0 bridgehead atoms. The SMILES string of the molecule is CC1(C)OCC(C(O)c2ccccc2)=C1c1ccc(S(C)(=O)=O)cc1. The largest absolute Gasteiger partial charge is 0.384 e. The lowest BCUT2D eigenvalue weighted by Crippen LogP contribution is -2.21. The van der Waals surface area contributed by atoms with Gasteiger partial charge in [-0.1, -0.05) is 42.5 Å². The highest BCUT2D eigenvalue weighted by molar-refractivity contribution is 7.90. The normalized spacial score (nSPS) is 18.4. The van der Waals surface area contributed by atoms with Crippen LogP contribution in [-0.4, -0.2) is 32.0 Å². The average Bonchev–Trinajstić information content (AvgIpc) is 2.89. The molecule has 1 N–H and O–H groups in total. The van der Waals surface area contributed by atoms with Gasteiger partial charge in [0.15, 0.2) is 9.84 Å². The molecule has 1 atom stereocenters. The third-order valence-electron chi connectivity index (χ3n) is 4.53. The second-order valence-corrected chi connectivity index (χ2v) is 8.82. The van der Waals surface area contributed by atoms with Gasteiger partial charge >= 0.3 is 0 Å². The molecule has 25 heavy (non-hydrogen) atoms. The van der Waals surface area contributed by atoms with E-state index in [-0.39, 0.29) is 4.90 Å². The van der Waals surface area contributed by atoms with Crippen molar-refractivity contribution in [1.82, 2.24) is 0 Å². The zero-order valence-corrected chi connectivity index (χ0v) is 15.4. The summed E-state index contributed by atoms with van der Waals surface area (Å²) in [5, 5.41) is 10.8. The minimum Gasteiger partial charge on any atom is -0.384 e. The first-order valence-electron chi connectivity index (χ1n) is 8.11. The quantitative estimate of drug-likeness (QED) is 0.910. The molecule has 132 valence electrons. The van der Waals surface area contributed by atoms with Gasteiger partial charge in [-0.15, -0.1) is 0 Å². The molecule has 1 heterocycles. The number of aliphatic hydroxyl groups excluding tert-OH is 1. The molecule has 5 heteroatoms. The summed E-state index contributed by atoms with van der Waals surface area (Å²) in [5.41, 5.74) is 2.83. The molecular formula is C20H22O4S. The van der Waals surface area contributed by atoms with E-state index in [0.717, 1.165) is 22.3 Å². The average molecular weight is 358 g/mol. The van der Waals surface area contributed by atoms with Crippen molar-refractivity contribution in [3.8, 4) is 0 Å². The summed E-state index contributed by atoms with van der Waals surface area (Å²) in [7, 11) is -3.24. The van der Waals surface area contributed by atoms with Crippen LogP contribution in [0, 0.1) is 0 Å². The van der Waals surface area contributed by atoms with Crippen molar-refractivity contribution in [3.05, 3.63) is 71.3 Å². The number of aliphatic hydroxyl groups is 1. The molecule has 0 aromatic heterocycles. The zero-order valence-electron chi connectivity index (χ0n) is 14.6. The highest BCUT2D eigenvalue weighted by Gasteiger charge is 2.37. The number of hydrogen-bond donors (Lipinski definition) is 1. The summed E-state index contributed by atoms with van der Waals surface area (Å²) < 4.78 is 29.3. The van der Waals surface area contributed by atoms with Gasteiger partial charge in [0.2, 0.25) is 0 Å². The Bertz CT molecular complexity index is 894. The molecule has 0 radical (unpaired) electrons. The van der Waals surface area contributed by atoms with Crippen molar-refractivity contribution in [1.29, 1.82) is 0 Å². The van der Waals surface area contributed by atoms with Crippen LogP contribution < -0.4 is 0 Å². The Morgan fingerprint density at radius 3 is 2.20 bits per heavy atom. The van der Waals surface area contributed by atoms with Crippen molar-refractivity contribution in [2.45, 2.75) is 30.4 Å². The van der Waals surface area contributed by atoms with E-state index in [9.17, 15) is 13.5 Å². The van der Waals surface area contributed by atoms with Crippen molar-refractivity contribution in [2.24, 2.45) is 0 Å². The fourth-order valence-corrected chi connectivity index (χ4v) is 3.87. The van der Waals surface area contributed by atoms with E-state index in [1.165, 1.54) is 6.26 Å². The fourth-order valence-electron chi connectivity index (χ4n) is 3.24. The third kappa shape index (κ3) is 3.54. The van der Waals surface area contributed by atoms with E-state index in [2.05, 4.69) is 0 Å². The Hall–Kier alpha value is -1.95. The Balaban J connectivity index is 2.08. The zero-order chi connectivity index (χ0) is 18.2. The molecule has 2 aromatic rings. The van der Waals surface area contributed by atoms with E-state index in [0.29, 0.717) is 6.61 Å². The summed E-state index contributed by atoms with van der Waals surface area (Å²) >= 11 is 0. The van der Waals surface area contributed by atoms with Crippen LogP contribution in [0.4, 0.5) is 0 Å². The second kappa shape index (κ2) is 6.41. The predicted octanol–water partition coefficient (Wildman–Crippen LogP) is 3.39. The molecule has 3 rings (SSSR count). The standard InChI is InChI=1S/C20H22O4S/c1-20(2)18(14-9-11-16(12-10-14)25(3,22)23)17(13-24-20)19(21)15-7-5-4-6-8-15/h4-12,19,21H,13H2,1-3H3. The molecule has 0 saturated carbocycles. The molecule has 1 unspecified atom stereocenters. The summed E-state index contributed by atoms with van der Waals surface area (Å²) in [4.78, 5) is 0.277. The van der Waals surface area contributed by atoms with Crippen LogP contribution in [0.25, 0.3) is 5.57 Å². The van der Waals surface area contributed by atoms with Gasteiger partial charge < -0.3 is 9.84 Å². The van der Waals surface area contributed by atoms with Crippen LogP contribution in [0.5, 0.6) is 0 Å². The monoisotopic (exact) mass is 358 g/mol. The number of hydrogen-bond acceptors (Lipinski definition) is 4. The van der Waals surface area contributed by atoms with Gasteiger partial charge in [-0.25, -0.2) is 8.42 Å². The minimum absolute atomic E-state index is 0.277. The highest BCUT2D eigenvalue weighted by Crippen LogP contribution is 2.43. The van der Waals surface area contributed by atoms with Crippen molar-refractivity contribution in [3.63, 3.8) is 0 Å². The van der Waals surface area contributed by atoms with Crippen LogP contribution in [0.2, 0.25) is 0 Å². The summed E-state index contributed by atoms with van der Waals surface area (Å²) in [6.07, 6.45) is 0.432. The Labute approximate surface area is 148 Å². The number of ether oxygens (including phenoxy) is 1. The third-order valence-corrected chi connectivity index (χ3v) is 5.66. The van der Waals surface area contributed by atoms with Crippen LogP contribution in [0.15, 0.2) is 65.1 Å². The van der Waals surface area contributed by atoms with Gasteiger partial charge in [-0.3, -0.25) is 0 Å². The number of benzene rings is 2. The highest BCUT2D eigenvalue weighted by atomic mass is 32.2. The van der Waals surface area contributed by atoms with Gasteiger partial charge in [0.1, 0.15) is 6.10 Å². The van der Waals surface area contributed by atoms with E-state index in [4.69, 9.17) is 4.74 Å². The van der Waals surface area contributed by atoms with Gasteiger partial charge in [0.05, 0.1) is 17.1 Å². The molecule has 0 spiro atoms. The van der Waals surface area contributed by atoms with E-state index >= 15 is 0 Å². The molecule has 2 aromatic carbocycles. The maximum atomic E-state index is 11.7. The first-order valence-corrected chi connectivity index (χ1v) is 10.0. The van der Waals surface area contributed by atoms with Crippen LogP contribution in [0.3, 0.4) is 0 Å². The number of rotatable bonds is 4. The first-order chi connectivity index (χ1) is 11.7. The fraction of sp³-hybridized carbons (Fsp3) is 0.300. The summed E-state index contributed by atoms with van der Waals surface area (Å²) in [5.74, 6) is 0. The van der Waals surface area contributed by atoms with Crippen molar-refractivity contribution in [2.75, 3.05) is 12.9 Å². The first kappa shape index (κ1) is 17.9. The molecule has 1 aliphatic heterocycles. The van der Waals surface area contributed by atoms with Gasteiger partial charge in [-0.05, 0) is 48.3 Å². The molecule has 1 aliphatic rings. The molecule has 4 nitrogen and oxygen atoms in total. The minimum atomic E-state index is -3.24. The Morgan fingerprint density at radius 1 is 1.04 bits per heavy atom. The van der Waals surface area contributed by atoms with E-state index in [1.807, 2.05) is 44.2 Å². The van der Waals surface area contributed by atoms with Crippen LogP contribution in [-0.2, 0) is 14.6 Å².